The maximum Gasteiger partial charge on any atom is 0.142 e. The van der Waals surface area contributed by atoms with Crippen molar-refractivity contribution in [2.75, 3.05) is 6.54 Å². The van der Waals surface area contributed by atoms with E-state index < -0.39 is 0 Å². The number of para-hydroxylation sites is 1. The van der Waals surface area contributed by atoms with E-state index in [1.54, 1.807) is 0 Å². The molecule has 2 aromatic rings. The number of hydrogen-bond donors (Lipinski definition) is 1. The third-order valence-corrected chi connectivity index (χ3v) is 3.37. The first-order chi connectivity index (χ1) is 9.61. The molecule has 0 atom stereocenters. The fourth-order valence-corrected chi connectivity index (χ4v) is 2.31. The highest BCUT2D eigenvalue weighted by molar-refractivity contribution is 6.32. The molecule has 0 aliphatic heterocycles. The second-order valence-electron chi connectivity index (χ2n) is 4.70. The van der Waals surface area contributed by atoms with Crippen LogP contribution in [0.15, 0.2) is 24.3 Å². The minimum atomic E-state index is 0.459. The molecular formula is C15H20ClN3O. The largest absolute Gasteiger partial charge is 0.485 e. The molecule has 0 unspecified atom stereocenters. The van der Waals surface area contributed by atoms with Crippen LogP contribution in [0.25, 0.3) is 0 Å². The van der Waals surface area contributed by atoms with Crippen molar-refractivity contribution < 1.29 is 4.74 Å². The Morgan fingerprint density at radius 3 is 2.85 bits per heavy atom. The van der Waals surface area contributed by atoms with E-state index in [9.17, 15) is 0 Å². The normalized spacial score (nSPS) is 10.8. The summed E-state index contributed by atoms with van der Waals surface area (Å²) in [5.41, 5.74) is 3.08. The van der Waals surface area contributed by atoms with Gasteiger partial charge in [-0.1, -0.05) is 30.7 Å². The number of nitrogens with one attached hydrogen (secondary N) is 1. The number of aryl methyl sites for hydroxylation is 2. The zero-order valence-electron chi connectivity index (χ0n) is 12.1. The SMILES string of the molecule is CCNCc1cccc(Cl)c1OCc1cc(C)nn1C. The summed E-state index contributed by atoms with van der Waals surface area (Å²) < 4.78 is 7.74. The highest BCUT2D eigenvalue weighted by Gasteiger charge is 2.10. The lowest BCUT2D eigenvalue weighted by Crippen LogP contribution is -2.13. The zero-order valence-corrected chi connectivity index (χ0v) is 12.9. The maximum atomic E-state index is 6.24. The van der Waals surface area contributed by atoms with Gasteiger partial charge in [-0.05, 0) is 25.6 Å². The summed E-state index contributed by atoms with van der Waals surface area (Å²) in [6.07, 6.45) is 0. The Morgan fingerprint density at radius 2 is 2.20 bits per heavy atom. The Bertz CT molecular complexity index is 580. The molecule has 108 valence electrons. The fourth-order valence-electron chi connectivity index (χ4n) is 2.06. The van der Waals surface area contributed by atoms with Gasteiger partial charge in [-0.25, -0.2) is 0 Å². The van der Waals surface area contributed by atoms with Crippen LogP contribution in [0, 0.1) is 6.92 Å². The fraction of sp³-hybridized carbons (Fsp3) is 0.400. The van der Waals surface area contributed by atoms with E-state index in [2.05, 4.69) is 17.3 Å². The summed E-state index contributed by atoms with van der Waals surface area (Å²) in [6.45, 7) is 6.16. The molecule has 0 fully saturated rings. The van der Waals surface area contributed by atoms with Crippen LogP contribution < -0.4 is 10.1 Å². The predicted octanol–water partition coefficient (Wildman–Crippen LogP) is 3.07. The number of hydrogen-bond acceptors (Lipinski definition) is 3. The van der Waals surface area contributed by atoms with Crippen LogP contribution in [0.4, 0.5) is 0 Å². The molecule has 1 aromatic carbocycles. The first kappa shape index (κ1) is 14.9. The highest BCUT2D eigenvalue weighted by atomic mass is 35.5. The Balaban J connectivity index is 2.13. The molecule has 1 N–H and O–H groups in total. The number of ether oxygens (including phenoxy) is 1. The Labute approximate surface area is 124 Å². The van der Waals surface area contributed by atoms with Crippen LogP contribution >= 0.6 is 11.6 Å². The second kappa shape index (κ2) is 6.77. The smallest absolute Gasteiger partial charge is 0.142 e. The first-order valence-electron chi connectivity index (χ1n) is 6.72. The molecule has 0 spiro atoms. The Morgan fingerprint density at radius 1 is 1.40 bits per heavy atom. The topological polar surface area (TPSA) is 39.1 Å². The van der Waals surface area contributed by atoms with Crippen molar-refractivity contribution in [2.24, 2.45) is 7.05 Å². The summed E-state index contributed by atoms with van der Waals surface area (Å²) >= 11 is 6.24. The third kappa shape index (κ3) is 3.52. The first-order valence-corrected chi connectivity index (χ1v) is 7.10. The van der Waals surface area contributed by atoms with Crippen LogP contribution in [-0.2, 0) is 20.2 Å². The predicted molar refractivity (Wildman–Crippen MR) is 81.1 cm³/mol. The van der Waals surface area contributed by atoms with Crippen LogP contribution in [0.2, 0.25) is 5.02 Å². The molecule has 20 heavy (non-hydrogen) atoms. The summed E-state index contributed by atoms with van der Waals surface area (Å²) in [4.78, 5) is 0. The van der Waals surface area contributed by atoms with E-state index in [4.69, 9.17) is 16.3 Å². The molecule has 4 nitrogen and oxygen atoms in total. The van der Waals surface area contributed by atoms with E-state index in [0.29, 0.717) is 11.6 Å². The van der Waals surface area contributed by atoms with Gasteiger partial charge in [0.15, 0.2) is 0 Å². The summed E-state index contributed by atoms with van der Waals surface area (Å²) in [5.74, 6) is 0.744. The maximum absolute atomic E-state index is 6.24. The molecule has 0 aliphatic carbocycles. The van der Waals surface area contributed by atoms with Gasteiger partial charge in [-0.2, -0.15) is 5.10 Å². The van der Waals surface area contributed by atoms with Crippen molar-refractivity contribution in [3.63, 3.8) is 0 Å². The lowest BCUT2D eigenvalue weighted by molar-refractivity contribution is 0.291. The van der Waals surface area contributed by atoms with Crippen molar-refractivity contribution >= 4 is 11.6 Å². The van der Waals surface area contributed by atoms with Gasteiger partial charge in [0, 0.05) is 19.2 Å². The molecule has 5 heteroatoms. The molecule has 0 saturated heterocycles. The van der Waals surface area contributed by atoms with E-state index in [1.165, 1.54) is 0 Å². The molecule has 0 saturated carbocycles. The van der Waals surface area contributed by atoms with Gasteiger partial charge >= 0.3 is 0 Å². The average molecular weight is 294 g/mol. The van der Waals surface area contributed by atoms with E-state index in [-0.39, 0.29) is 0 Å². The highest BCUT2D eigenvalue weighted by Crippen LogP contribution is 2.29. The van der Waals surface area contributed by atoms with E-state index in [1.807, 2.05) is 42.9 Å². The van der Waals surface area contributed by atoms with Gasteiger partial charge in [-0.15, -0.1) is 0 Å². The summed E-state index contributed by atoms with van der Waals surface area (Å²) in [5, 5.41) is 8.24. The molecule has 1 aromatic heterocycles. The third-order valence-electron chi connectivity index (χ3n) is 3.08. The molecule has 0 amide bonds. The monoisotopic (exact) mass is 293 g/mol. The van der Waals surface area contributed by atoms with Crippen LogP contribution in [0.3, 0.4) is 0 Å². The number of benzene rings is 1. The van der Waals surface area contributed by atoms with E-state index >= 15 is 0 Å². The zero-order chi connectivity index (χ0) is 14.5. The summed E-state index contributed by atoms with van der Waals surface area (Å²) in [6, 6.07) is 7.83. The van der Waals surface area contributed by atoms with Gasteiger partial charge in [0.25, 0.3) is 0 Å². The number of halogens is 1. The van der Waals surface area contributed by atoms with Gasteiger partial charge < -0.3 is 10.1 Å². The number of rotatable bonds is 6. The molecule has 2 rings (SSSR count). The van der Waals surface area contributed by atoms with Crippen molar-refractivity contribution in [3.05, 3.63) is 46.2 Å². The molecule has 0 aliphatic rings. The van der Waals surface area contributed by atoms with Crippen LogP contribution in [-0.4, -0.2) is 16.3 Å². The Kier molecular flexibility index (Phi) is 5.04. The second-order valence-corrected chi connectivity index (χ2v) is 5.10. The minimum Gasteiger partial charge on any atom is -0.485 e. The van der Waals surface area contributed by atoms with Crippen molar-refractivity contribution in [1.29, 1.82) is 0 Å². The number of nitrogens with zero attached hydrogens (tertiary/aromatic N) is 2. The standard InChI is InChI=1S/C15H20ClN3O/c1-4-17-9-12-6-5-7-14(16)15(12)20-10-13-8-11(2)18-19(13)3/h5-8,17H,4,9-10H2,1-3H3. The lowest BCUT2D eigenvalue weighted by atomic mass is 10.2. The minimum absolute atomic E-state index is 0.459. The van der Waals surface area contributed by atoms with E-state index in [0.717, 1.165) is 35.8 Å². The quantitative estimate of drug-likeness (QED) is 0.890. The van der Waals surface area contributed by atoms with Gasteiger partial charge in [0.05, 0.1) is 16.4 Å². The summed E-state index contributed by atoms with van der Waals surface area (Å²) in [7, 11) is 1.91. The lowest BCUT2D eigenvalue weighted by Gasteiger charge is -2.13. The van der Waals surface area contributed by atoms with Gasteiger partial charge in [-0.3, -0.25) is 4.68 Å². The van der Waals surface area contributed by atoms with Crippen LogP contribution in [0.1, 0.15) is 23.9 Å². The van der Waals surface area contributed by atoms with Gasteiger partial charge in [0.1, 0.15) is 12.4 Å². The molecule has 0 radical (unpaired) electrons. The molecule has 0 bridgehead atoms. The Hall–Kier alpha value is -1.52. The number of aromatic nitrogens is 2. The average Bonchev–Trinajstić information content (AvgIpc) is 2.73. The van der Waals surface area contributed by atoms with Crippen molar-refractivity contribution in [2.45, 2.75) is 27.0 Å². The van der Waals surface area contributed by atoms with Gasteiger partial charge in [0.2, 0.25) is 0 Å². The molecular weight excluding hydrogens is 274 g/mol. The molecule has 1 heterocycles. The van der Waals surface area contributed by atoms with Crippen molar-refractivity contribution in [1.82, 2.24) is 15.1 Å². The van der Waals surface area contributed by atoms with Crippen LogP contribution in [0.5, 0.6) is 5.75 Å². The van der Waals surface area contributed by atoms with Crippen molar-refractivity contribution in [3.8, 4) is 5.75 Å².